The van der Waals surface area contributed by atoms with E-state index in [-0.39, 0.29) is 5.24 Å². The second-order valence-electron chi connectivity index (χ2n) is 7.10. The molecule has 0 amide bonds. The van der Waals surface area contributed by atoms with Gasteiger partial charge in [-0.05, 0) is 43.7 Å². The molecule has 0 aromatic carbocycles. The number of rotatable bonds is 19. The standard InChI is InChI=1S/C22H41ClO/c1-2-3-4-5-6-7-8-9-10-11-12-13-14-15-16-17-18-19-20-21-22(23)24/h15-16H,2-14,17-21H2,1H3/b16-15+. The fourth-order valence-electron chi connectivity index (χ4n) is 3.04. The molecule has 0 radical (unpaired) electrons. The minimum atomic E-state index is -0.197. The van der Waals surface area contributed by atoms with Crippen molar-refractivity contribution in [3.63, 3.8) is 0 Å². The zero-order valence-corrected chi connectivity index (χ0v) is 16.9. The Hall–Kier alpha value is -0.300. The highest BCUT2D eigenvalue weighted by molar-refractivity contribution is 6.63. The van der Waals surface area contributed by atoms with Crippen molar-refractivity contribution in [2.24, 2.45) is 0 Å². The van der Waals surface area contributed by atoms with E-state index in [0.717, 1.165) is 19.3 Å². The third-order valence-corrected chi connectivity index (χ3v) is 4.82. The van der Waals surface area contributed by atoms with Gasteiger partial charge < -0.3 is 0 Å². The highest BCUT2D eigenvalue weighted by Gasteiger charge is 1.95. The first-order valence-electron chi connectivity index (χ1n) is 10.6. The first-order valence-corrected chi connectivity index (χ1v) is 11.0. The Balaban J connectivity index is 3.06. The maximum Gasteiger partial charge on any atom is 0.221 e. The molecule has 0 aliphatic carbocycles. The maximum absolute atomic E-state index is 10.6. The van der Waals surface area contributed by atoms with Crippen LogP contribution in [0.5, 0.6) is 0 Å². The molecule has 0 unspecified atom stereocenters. The van der Waals surface area contributed by atoms with E-state index >= 15 is 0 Å². The zero-order valence-electron chi connectivity index (χ0n) is 16.2. The molecular weight excluding hydrogens is 316 g/mol. The molecule has 0 aliphatic rings. The Labute approximate surface area is 156 Å². The van der Waals surface area contributed by atoms with Crippen molar-refractivity contribution in [1.82, 2.24) is 0 Å². The Kier molecular flexibility index (Phi) is 20.5. The molecule has 24 heavy (non-hydrogen) atoms. The Morgan fingerprint density at radius 3 is 1.42 bits per heavy atom. The van der Waals surface area contributed by atoms with Gasteiger partial charge in [-0.3, -0.25) is 4.79 Å². The van der Waals surface area contributed by atoms with Gasteiger partial charge in [0.15, 0.2) is 0 Å². The second-order valence-corrected chi connectivity index (χ2v) is 7.53. The number of hydrogen-bond acceptors (Lipinski definition) is 1. The summed E-state index contributed by atoms with van der Waals surface area (Å²) in [5.74, 6) is 0. The molecule has 0 bridgehead atoms. The molecule has 0 N–H and O–H groups in total. The van der Waals surface area contributed by atoms with Crippen molar-refractivity contribution in [2.75, 3.05) is 0 Å². The van der Waals surface area contributed by atoms with E-state index in [0.29, 0.717) is 6.42 Å². The molecule has 0 saturated heterocycles. The zero-order chi connectivity index (χ0) is 17.7. The molecule has 0 spiro atoms. The van der Waals surface area contributed by atoms with Gasteiger partial charge in [0, 0.05) is 6.42 Å². The molecule has 0 saturated carbocycles. The van der Waals surface area contributed by atoms with E-state index in [2.05, 4.69) is 19.1 Å². The molecule has 0 fully saturated rings. The van der Waals surface area contributed by atoms with Crippen LogP contribution in [-0.4, -0.2) is 5.24 Å². The highest BCUT2D eigenvalue weighted by atomic mass is 35.5. The van der Waals surface area contributed by atoms with Crippen LogP contribution >= 0.6 is 11.6 Å². The molecule has 0 atom stereocenters. The lowest BCUT2D eigenvalue weighted by atomic mass is 10.0. The summed E-state index contributed by atoms with van der Waals surface area (Å²) < 4.78 is 0. The van der Waals surface area contributed by atoms with Crippen LogP contribution in [0.2, 0.25) is 0 Å². The lowest BCUT2D eigenvalue weighted by Gasteiger charge is -2.02. The van der Waals surface area contributed by atoms with E-state index in [9.17, 15) is 4.79 Å². The van der Waals surface area contributed by atoms with Crippen molar-refractivity contribution in [3.05, 3.63) is 12.2 Å². The quantitative estimate of drug-likeness (QED) is 0.129. The summed E-state index contributed by atoms with van der Waals surface area (Å²) in [6.45, 7) is 2.28. The molecule has 0 heterocycles. The molecule has 0 aliphatic heterocycles. The van der Waals surface area contributed by atoms with Gasteiger partial charge in [-0.15, -0.1) is 0 Å². The van der Waals surface area contributed by atoms with E-state index in [1.54, 1.807) is 0 Å². The number of carbonyl (C=O) groups is 1. The lowest BCUT2D eigenvalue weighted by molar-refractivity contribution is -0.111. The number of hydrogen-bond donors (Lipinski definition) is 0. The summed E-state index contributed by atoms with van der Waals surface area (Å²) in [6, 6.07) is 0. The van der Waals surface area contributed by atoms with Crippen molar-refractivity contribution < 1.29 is 4.79 Å². The minimum Gasteiger partial charge on any atom is -0.281 e. The average molecular weight is 357 g/mol. The van der Waals surface area contributed by atoms with Gasteiger partial charge in [0.05, 0.1) is 0 Å². The van der Waals surface area contributed by atoms with Gasteiger partial charge in [0.2, 0.25) is 5.24 Å². The molecule has 142 valence electrons. The van der Waals surface area contributed by atoms with Gasteiger partial charge in [-0.1, -0.05) is 96.1 Å². The van der Waals surface area contributed by atoms with Crippen LogP contribution in [0.3, 0.4) is 0 Å². The molecule has 2 heteroatoms. The summed E-state index contributed by atoms with van der Waals surface area (Å²) in [5.41, 5.74) is 0. The Morgan fingerprint density at radius 2 is 1.00 bits per heavy atom. The first kappa shape index (κ1) is 23.7. The number of allylic oxidation sites excluding steroid dienone is 2. The summed E-state index contributed by atoms with van der Waals surface area (Å²) in [5, 5.41) is -0.197. The van der Waals surface area contributed by atoms with Crippen molar-refractivity contribution in [2.45, 2.75) is 122 Å². The van der Waals surface area contributed by atoms with E-state index in [4.69, 9.17) is 11.6 Å². The summed E-state index contributed by atoms with van der Waals surface area (Å²) in [6.07, 6.45) is 27.8. The summed E-state index contributed by atoms with van der Waals surface area (Å²) in [7, 11) is 0. The number of halogens is 1. The highest BCUT2D eigenvalue weighted by Crippen LogP contribution is 2.12. The molecular formula is C22H41ClO. The first-order chi connectivity index (χ1) is 11.8. The summed E-state index contributed by atoms with van der Waals surface area (Å²) in [4.78, 5) is 10.6. The Morgan fingerprint density at radius 1 is 0.625 bits per heavy atom. The van der Waals surface area contributed by atoms with Crippen LogP contribution < -0.4 is 0 Å². The van der Waals surface area contributed by atoms with Crippen molar-refractivity contribution in [3.8, 4) is 0 Å². The van der Waals surface area contributed by atoms with Crippen LogP contribution in [0, 0.1) is 0 Å². The lowest BCUT2D eigenvalue weighted by Crippen LogP contribution is -1.85. The van der Waals surface area contributed by atoms with Crippen LogP contribution in [0.4, 0.5) is 0 Å². The molecule has 1 nitrogen and oxygen atoms in total. The van der Waals surface area contributed by atoms with Gasteiger partial charge in [0.25, 0.3) is 0 Å². The van der Waals surface area contributed by atoms with Gasteiger partial charge in [0.1, 0.15) is 0 Å². The van der Waals surface area contributed by atoms with Crippen molar-refractivity contribution in [1.29, 1.82) is 0 Å². The normalized spacial score (nSPS) is 11.4. The number of unbranched alkanes of at least 4 members (excludes halogenated alkanes) is 15. The van der Waals surface area contributed by atoms with Crippen molar-refractivity contribution >= 4 is 16.8 Å². The fourth-order valence-corrected chi connectivity index (χ4v) is 3.18. The van der Waals surface area contributed by atoms with Crippen LogP contribution in [-0.2, 0) is 4.79 Å². The van der Waals surface area contributed by atoms with Crippen LogP contribution in [0.1, 0.15) is 122 Å². The topological polar surface area (TPSA) is 17.1 Å². The third kappa shape index (κ3) is 21.7. The largest absolute Gasteiger partial charge is 0.281 e. The Bertz CT molecular complexity index is 286. The molecule has 0 aromatic rings. The smallest absolute Gasteiger partial charge is 0.221 e. The van der Waals surface area contributed by atoms with Gasteiger partial charge in [-0.2, -0.15) is 0 Å². The average Bonchev–Trinajstić information content (AvgIpc) is 2.56. The SMILES string of the molecule is CCCCCCCCCCCCCC/C=C/CCCCCC(=O)Cl. The van der Waals surface area contributed by atoms with Crippen LogP contribution in [0.15, 0.2) is 12.2 Å². The van der Waals surface area contributed by atoms with Crippen LogP contribution in [0.25, 0.3) is 0 Å². The summed E-state index contributed by atoms with van der Waals surface area (Å²) >= 11 is 5.31. The predicted octanol–water partition coefficient (Wildman–Crippen LogP) is 8.35. The third-order valence-electron chi connectivity index (χ3n) is 4.64. The van der Waals surface area contributed by atoms with E-state index in [1.165, 1.54) is 89.9 Å². The minimum absolute atomic E-state index is 0.197. The maximum atomic E-state index is 10.6. The monoisotopic (exact) mass is 356 g/mol. The number of carbonyl (C=O) groups excluding carboxylic acids is 1. The fraction of sp³-hybridized carbons (Fsp3) is 0.864. The van der Waals surface area contributed by atoms with E-state index < -0.39 is 0 Å². The molecule has 0 rings (SSSR count). The van der Waals surface area contributed by atoms with Gasteiger partial charge >= 0.3 is 0 Å². The second kappa shape index (κ2) is 20.7. The van der Waals surface area contributed by atoms with Gasteiger partial charge in [-0.25, -0.2) is 0 Å². The van der Waals surface area contributed by atoms with E-state index in [1.807, 2.05) is 0 Å². The predicted molar refractivity (Wildman–Crippen MR) is 109 cm³/mol. The molecule has 0 aromatic heterocycles.